The minimum absolute atomic E-state index is 0.0115. The minimum Gasteiger partial charge on any atom is -0.369 e. The smallest absolute Gasteiger partial charge is 0.259 e. The first-order valence-electron chi connectivity index (χ1n) is 10.7. The van der Waals surface area contributed by atoms with Crippen molar-refractivity contribution in [2.45, 2.75) is 40.2 Å². The lowest BCUT2D eigenvalue weighted by Gasteiger charge is -2.35. The average molecular weight is 429 g/mol. The van der Waals surface area contributed by atoms with Crippen LogP contribution in [0.5, 0.6) is 0 Å². The van der Waals surface area contributed by atoms with Crippen LogP contribution in [0.15, 0.2) is 29.1 Å². The van der Waals surface area contributed by atoms with E-state index in [0.29, 0.717) is 12.5 Å². The Morgan fingerprint density at radius 3 is 2.57 bits per heavy atom. The van der Waals surface area contributed by atoms with Gasteiger partial charge in [-0.05, 0) is 49.1 Å². The van der Waals surface area contributed by atoms with E-state index in [0.717, 1.165) is 66.3 Å². The number of rotatable bonds is 6. The lowest BCUT2D eigenvalue weighted by atomic mass is 9.98. The van der Waals surface area contributed by atoms with Gasteiger partial charge in [-0.1, -0.05) is 20.3 Å². The summed E-state index contributed by atoms with van der Waals surface area (Å²) in [7, 11) is 0. The largest absolute Gasteiger partial charge is 0.369 e. The highest BCUT2D eigenvalue weighted by atomic mass is 32.1. The molecule has 1 aromatic carbocycles. The highest BCUT2D eigenvalue weighted by molar-refractivity contribution is 7.18. The highest BCUT2D eigenvalue weighted by Crippen LogP contribution is 2.29. The van der Waals surface area contributed by atoms with Crippen molar-refractivity contribution >= 4 is 27.2 Å². The third-order valence-electron chi connectivity index (χ3n) is 6.10. The fourth-order valence-electron chi connectivity index (χ4n) is 4.06. The second-order valence-corrected chi connectivity index (χ2v) is 9.49. The molecule has 0 amide bonds. The minimum atomic E-state index is -0.209. The predicted octanol–water partition coefficient (Wildman–Crippen LogP) is 4.34. The van der Waals surface area contributed by atoms with Crippen LogP contribution in [0.25, 0.3) is 10.2 Å². The first-order chi connectivity index (χ1) is 14.4. The number of aromatic amines is 1. The van der Waals surface area contributed by atoms with Crippen molar-refractivity contribution in [1.82, 2.24) is 14.9 Å². The molecule has 3 aromatic rings. The zero-order valence-corrected chi connectivity index (χ0v) is 18.7. The number of halogens is 1. The van der Waals surface area contributed by atoms with E-state index in [1.165, 1.54) is 17.0 Å². The number of aryl methyl sites for hydroxylation is 1. The predicted molar refractivity (Wildman–Crippen MR) is 122 cm³/mol. The molecular weight excluding hydrogens is 399 g/mol. The van der Waals surface area contributed by atoms with Crippen LogP contribution in [0.3, 0.4) is 0 Å². The van der Waals surface area contributed by atoms with Gasteiger partial charge < -0.3 is 9.88 Å². The molecule has 0 aliphatic carbocycles. The zero-order valence-electron chi connectivity index (χ0n) is 17.9. The maximum atomic E-state index is 13.1. The lowest BCUT2D eigenvalue weighted by Crippen LogP contribution is -2.46. The molecule has 0 spiro atoms. The van der Waals surface area contributed by atoms with E-state index in [2.05, 4.69) is 35.6 Å². The number of piperazine rings is 1. The molecular formula is C23H29FN4OS. The summed E-state index contributed by atoms with van der Waals surface area (Å²) in [6.45, 7) is 10.6. The molecule has 3 heterocycles. The van der Waals surface area contributed by atoms with E-state index < -0.39 is 0 Å². The fourth-order valence-corrected chi connectivity index (χ4v) is 5.13. The Hall–Kier alpha value is -2.25. The number of hydrogen-bond acceptors (Lipinski definition) is 5. The van der Waals surface area contributed by atoms with Gasteiger partial charge in [0.15, 0.2) is 0 Å². The van der Waals surface area contributed by atoms with Crippen LogP contribution in [0.1, 0.15) is 36.5 Å². The van der Waals surface area contributed by atoms with E-state index in [1.54, 1.807) is 11.3 Å². The highest BCUT2D eigenvalue weighted by Gasteiger charge is 2.20. The molecule has 30 heavy (non-hydrogen) atoms. The number of nitrogens with one attached hydrogen (secondary N) is 1. The molecule has 1 atom stereocenters. The molecule has 4 rings (SSSR count). The number of fused-ring (bicyclic) bond motifs is 1. The average Bonchev–Trinajstić information content (AvgIpc) is 3.04. The number of benzene rings is 1. The van der Waals surface area contributed by atoms with Crippen LogP contribution >= 0.6 is 11.3 Å². The van der Waals surface area contributed by atoms with Crippen molar-refractivity contribution in [2.75, 3.05) is 31.1 Å². The molecule has 1 fully saturated rings. The van der Waals surface area contributed by atoms with Crippen LogP contribution in [-0.4, -0.2) is 41.0 Å². The van der Waals surface area contributed by atoms with Gasteiger partial charge in [-0.3, -0.25) is 9.69 Å². The summed E-state index contributed by atoms with van der Waals surface area (Å²) in [4.78, 5) is 27.3. The van der Waals surface area contributed by atoms with Gasteiger partial charge in [-0.2, -0.15) is 0 Å². The Morgan fingerprint density at radius 2 is 1.90 bits per heavy atom. The van der Waals surface area contributed by atoms with Crippen molar-refractivity contribution < 1.29 is 4.39 Å². The Morgan fingerprint density at radius 1 is 1.20 bits per heavy atom. The molecule has 0 saturated carbocycles. The van der Waals surface area contributed by atoms with E-state index in [4.69, 9.17) is 4.98 Å². The second-order valence-electron chi connectivity index (χ2n) is 8.29. The van der Waals surface area contributed by atoms with Gasteiger partial charge in [0, 0.05) is 36.7 Å². The summed E-state index contributed by atoms with van der Waals surface area (Å²) in [5.41, 5.74) is 2.20. The van der Waals surface area contributed by atoms with Crippen LogP contribution in [0, 0.1) is 18.7 Å². The summed E-state index contributed by atoms with van der Waals surface area (Å²) in [6.07, 6.45) is 2.03. The lowest BCUT2D eigenvalue weighted by molar-refractivity contribution is 0.244. The van der Waals surface area contributed by atoms with Crippen molar-refractivity contribution in [3.05, 3.63) is 56.7 Å². The Kier molecular flexibility index (Phi) is 6.20. The van der Waals surface area contributed by atoms with E-state index in [1.807, 2.05) is 12.1 Å². The summed E-state index contributed by atoms with van der Waals surface area (Å²) in [5, 5.41) is 0.780. The molecule has 7 heteroatoms. The monoisotopic (exact) mass is 428 g/mol. The summed E-state index contributed by atoms with van der Waals surface area (Å²) < 4.78 is 13.1. The normalized spacial score (nSPS) is 16.3. The Balaban J connectivity index is 1.46. The summed E-state index contributed by atoms with van der Waals surface area (Å²) >= 11 is 1.63. The maximum Gasteiger partial charge on any atom is 0.259 e. The van der Waals surface area contributed by atoms with Crippen LogP contribution in [-0.2, 0) is 13.0 Å². The number of anilines is 1. The number of nitrogens with zero attached hydrogens (tertiary/aromatic N) is 3. The van der Waals surface area contributed by atoms with Crippen LogP contribution in [0.4, 0.5) is 10.1 Å². The van der Waals surface area contributed by atoms with Crippen molar-refractivity contribution in [3.8, 4) is 0 Å². The SMILES string of the molecule is CC[C@H](C)Cc1c(C)sc2nc(CN3CCN(c4ccc(F)cc4)CC3)[nH]c(=O)c12. The molecule has 1 aliphatic heterocycles. The fraction of sp³-hybridized carbons (Fsp3) is 0.478. The number of aromatic nitrogens is 2. The van der Waals surface area contributed by atoms with Gasteiger partial charge in [0.05, 0.1) is 11.9 Å². The zero-order chi connectivity index (χ0) is 21.3. The van der Waals surface area contributed by atoms with Crippen LogP contribution < -0.4 is 10.5 Å². The van der Waals surface area contributed by atoms with Gasteiger partial charge in [-0.25, -0.2) is 9.37 Å². The topological polar surface area (TPSA) is 52.2 Å². The first-order valence-corrected chi connectivity index (χ1v) is 11.5. The molecule has 0 unspecified atom stereocenters. The third kappa shape index (κ3) is 4.42. The van der Waals surface area contributed by atoms with E-state index in [-0.39, 0.29) is 11.4 Å². The first kappa shape index (κ1) is 21.0. The molecule has 5 nitrogen and oxygen atoms in total. The summed E-state index contributed by atoms with van der Waals surface area (Å²) in [5.74, 6) is 1.08. The molecule has 0 bridgehead atoms. The standard InChI is InChI=1S/C23H29FN4OS/c1-4-15(2)13-19-16(3)30-23-21(19)22(29)25-20(26-23)14-27-9-11-28(12-10-27)18-7-5-17(24)6-8-18/h5-8,15H,4,9-14H2,1-3H3,(H,25,26,29)/t15-/m0/s1. The third-order valence-corrected chi connectivity index (χ3v) is 7.14. The molecule has 0 radical (unpaired) electrons. The van der Waals surface area contributed by atoms with Crippen molar-refractivity contribution in [1.29, 1.82) is 0 Å². The van der Waals surface area contributed by atoms with Gasteiger partial charge in [0.1, 0.15) is 16.5 Å². The van der Waals surface area contributed by atoms with Gasteiger partial charge >= 0.3 is 0 Å². The Bertz CT molecular complexity index is 1070. The number of thiophene rings is 1. The maximum absolute atomic E-state index is 13.1. The van der Waals surface area contributed by atoms with E-state index in [9.17, 15) is 9.18 Å². The molecule has 2 aromatic heterocycles. The van der Waals surface area contributed by atoms with E-state index >= 15 is 0 Å². The van der Waals surface area contributed by atoms with Gasteiger partial charge in [-0.15, -0.1) is 11.3 Å². The molecule has 1 saturated heterocycles. The Labute approximate surface area is 180 Å². The van der Waals surface area contributed by atoms with Crippen molar-refractivity contribution in [3.63, 3.8) is 0 Å². The van der Waals surface area contributed by atoms with Gasteiger partial charge in [0.25, 0.3) is 5.56 Å². The molecule has 160 valence electrons. The number of H-pyrrole nitrogens is 1. The molecule has 1 N–H and O–H groups in total. The van der Waals surface area contributed by atoms with Crippen LogP contribution in [0.2, 0.25) is 0 Å². The van der Waals surface area contributed by atoms with Gasteiger partial charge in [0.2, 0.25) is 0 Å². The summed E-state index contributed by atoms with van der Waals surface area (Å²) in [6, 6.07) is 6.66. The second kappa shape index (κ2) is 8.86. The van der Waals surface area contributed by atoms with Crippen molar-refractivity contribution in [2.24, 2.45) is 5.92 Å². The number of hydrogen-bond donors (Lipinski definition) is 1. The molecule has 1 aliphatic rings. The quantitative estimate of drug-likeness (QED) is 0.634.